The Bertz CT molecular complexity index is 1220. The molecule has 1 aliphatic rings. The summed E-state index contributed by atoms with van der Waals surface area (Å²) in [6, 6.07) is 15.5. The van der Waals surface area contributed by atoms with Crippen LogP contribution in [0.15, 0.2) is 60.7 Å². The molecule has 0 bridgehead atoms. The van der Waals surface area contributed by atoms with Gasteiger partial charge in [0.15, 0.2) is 11.6 Å². The molecule has 216 valence electrons. The molecule has 1 amide bonds. The Kier molecular flexibility index (Phi) is 10.3. The molecule has 1 fully saturated rings. The second-order valence-corrected chi connectivity index (χ2v) is 13.6. The van der Waals surface area contributed by atoms with Crippen LogP contribution < -0.4 is 0 Å². The summed E-state index contributed by atoms with van der Waals surface area (Å²) in [4.78, 5) is 43.1. The lowest BCUT2D eigenvalue weighted by Gasteiger charge is -2.34. The molecule has 2 aromatic carbocycles. The Morgan fingerprint density at radius 1 is 1.02 bits per heavy atom. The van der Waals surface area contributed by atoms with Crippen LogP contribution in [0, 0.1) is 36.5 Å². The summed E-state index contributed by atoms with van der Waals surface area (Å²) in [5.41, 5.74) is 3.74. The van der Waals surface area contributed by atoms with Crippen LogP contribution in [0.3, 0.4) is 0 Å². The summed E-state index contributed by atoms with van der Waals surface area (Å²) in [5, 5.41) is 0. The number of likely N-dealkylation sites (tertiary alicyclic amines) is 1. The predicted octanol–water partition coefficient (Wildman–Crippen LogP) is 7.95. The first kappa shape index (κ1) is 31.5. The van der Waals surface area contributed by atoms with Crippen LogP contribution in [-0.2, 0) is 16.0 Å². The minimum atomic E-state index is -0.433. The molecule has 0 radical (unpaired) electrons. The van der Waals surface area contributed by atoms with Crippen molar-refractivity contribution in [3.8, 4) is 0 Å². The quantitative estimate of drug-likeness (QED) is 0.213. The van der Waals surface area contributed by atoms with Gasteiger partial charge in [0.05, 0.1) is 6.04 Å². The fourth-order valence-electron chi connectivity index (χ4n) is 5.95. The van der Waals surface area contributed by atoms with Gasteiger partial charge in [0.1, 0.15) is 0 Å². The Morgan fingerprint density at radius 3 is 2.35 bits per heavy atom. The maximum absolute atomic E-state index is 14.1. The van der Waals surface area contributed by atoms with Gasteiger partial charge in [0.25, 0.3) is 0 Å². The maximum atomic E-state index is 14.1. The van der Waals surface area contributed by atoms with Gasteiger partial charge in [-0.25, -0.2) is 0 Å². The Hall–Kier alpha value is -3.01. The van der Waals surface area contributed by atoms with E-state index in [0.717, 1.165) is 28.7 Å². The molecule has 3 rings (SSSR count). The molecule has 0 aromatic heterocycles. The van der Waals surface area contributed by atoms with Crippen LogP contribution in [0.5, 0.6) is 0 Å². The van der Waals surface area contributed by atoms with E-state index in [9.17, 15) is 14.4 Å². The van der Waals surface area contributed by atoms with Crippen LogP contribution >= 0.6 is 0 Å². The molecule has 0 saturated carbocycles. The van der Waals surface area contributed by atoms with E-state index < -0.39 is 6.04 Å². The molecule has 2 aromatic rings. The standard InChI is InChI=1S/C36H49NO3/c1-25-15-14-18-30(26(25)2)32(39)24-29(23-28-16-10-9-11-17-28)27(3)34(40)37-22-21-36(7,8)33(37)31(38)19-12-13-20-35(4,5)6/h9-11,13-18,20,27,29,33H,12,19,21-24H2,1-8H3/b20-13+. The van der Waals surface area contributed by atoms with E-state index >= 15 is 0 Å². The third-order valence-corrected chi connectivity index (χ3v) is 8.60. The fourth-order valence-corrected chi connectivity index (χ4v) is 5.95. The van der Waals surface area contributed by atoms with E-state index in [-0.39, 0.29) is 40.1 Å². The molecule has 3 unspecified atom stereocenters. The van der Waals surface area contributed by atoms with Gasteiger partial charge in [-0.1, -0.05) is 102 Å². The highest BCUT2D eigenvalue weighted by molar-refractivity contribution is 5.98. The molecule has 0 N–H and O–H groups in total. The molecule has 4 heteroatoms. The van der Waals surface area contributed by atoms with Crippen molar-refractivity contribution in [2.45, 2.75) is 93.5 Å². The van der Waals surface area contributed by atoms with Crippen LogP contribution in [0.25, 0.3) is 0 Å². The normalized spacial score (nSPS) is 18.6. The van der Waals surface area contributed by atoms with Crippen molar-refractivity contribution in [3.05, 3.63) is 82.9 Å². The molecular formula is C36H49NO3. The minimum Gasteiger partial charge on any atom is -0.332 e. The Balaban J connectivity index is 1.83. The monoisotopic (exact) mass is 543 g/mol. The SMILES string of the molecule is Cc1cccc(C(=O)CC(Cc2ccccc2)C(C)C(=O)N2CCC(C)(C)C2C(=O)CC/C=C/C(C)(C)C)c1C. The van der Waals surface area contributed by atoms with Crippen LogP contribution in [0.4, 0.5) is 0 Å². The van der Waals surface area contributed by atoms with Gasteiger partial charge in [-0.15, -0.1) is 0 Å². The zero-order valence-electron chi connectivity index (χ0n) is 25.9. The predicted molar refractivity (Wildman–Crippen MR) is 164 cm³/mol. The molecular weight excluding hydrogens is 494 g/mol. The molecule has 0 spiro atoms. The number of carbonyl (C=O) groups is 3. The molecule has 1 heterocycles. The zero-order chi connectivity index (χ0) is 29.7. The van der Waals surface area contributed by atoms with E-state index in [1.54, 1.807) is 0 Å². The fraction of sp³-hybridized carbons (Fsp3) is 0.528. The summed E-state index contributed by atoms with van der Waals surface area (Å²) < 4.78 is 0. The third-order valence-electron chi connectivity index (χ3n) is 8.60. The number of nitrogens with zero attached hydrogens (tertiary/aromatic N) is 1. The lowest BCUT2D eigenvalue weighted by atomic mass is 9.79. The summed E-state index contributed by atoms with van der Waals surface area (Å²) in [7, 11) is 0. The number of ketones is 2. The molecule has 1 aliphatic heterocycles. The number of hydrogen-bond donors (Lipinski definition) is 0. The van der Waals surface area contributed by atoms with E-state index in [1.165, 1.54) is 0 Å². The smallest absolute Gasteiger partial charge is 0.226 e. The second kappa shape index (κ2) is 13.1. The third kappa shape index (κ3) is 8.02. The molecule has 4 nitrogen and oxygen atoms in total. The number of rotatable bonds is 11. The minimum absolute atomic E-state index is 0.0103. The van der Waals surface area contributed by atoms with Crippen molar-refractivity contribution in [1.29, 1.82) is 0 Å². The first-order valence-electron chi connectivity index (χ1n) is 14.9. The van der Waals surface area contributed by atoms with Crippen molar-refractivity contribution < 1.29 is 14.4 Å². The number of aryl methyl sites for hydroxylation is 1. The van der Waals surface area contributed by atoms with Crippen LogP contribution in [-0.4, -0.2) is 35.0 Å². The van der Waals surface area contributed by atoms with Gasteiger partial charge < -0.3 is 4.90 Å². The molecule has 3 atom stereocenters. The topological polar surface area (TPSA) is 54.5 Å². The van der Waals surface area contributed by atoms with Crippen molar-refractivity contribution in [3.63, 3.8) is 0 Å². The lowest BCUT2D eigenvalue weighted by molar-refractivity contribution is -0.143. The first-order chi connectivity index (χ1) is 18.7. The number of carbonyl (C=O) groups excluding carboxylic acids is 3. The van der Waals surface area contributed by atoms with E-state index in [4.69, 9.17) is 0 Å². The lowest BCUT2D eigenvalue weighted by Crippen LogP contribution is -2.49. The summed E-state index contributed by atoms with van der Waals surface area (Å²) in [6.45, 7) is 17.2. The van der Waals surface area contributed by atoms with Crippen molar-refractivity contribution in [2.24, 2.45) is 22.7 Å². The number of amides is 1. The van der Waals surface area contributed by atoms with Gasteiger partial charge in [0.2, 0.25) is 5.91 Å². The van der Waals surface area contributed by atoms with Gasteiger partial charge in [-0.2, -0.15) is 0 Å². The van der Waals surface area contributed by atoms with Crippen molar-refractivity contribution >= 4 is 17.5 Å². The highest BCUT2D eigenvalue weighted by Gasteiger charge is 2.47. The van der Waals surface area contributed by atoms with Gasteiger partial charge in [-0.05, 0) is 66.5 Å². The number of hydrogen-bond acceptors (Lipinski definition) is 3. The Morgan fingerprint density at radius 2 is 1.70 bits per heavy atom. The van der Waals surface area contributed by atoms with Gasteiger partial charge >= 0.3 is 0 Å². The van der Waals surface area contributed by atoms with Gasteiger partial charge in [0, 0.05) is 30.9 Å². The van der Waals surface area contributed by atoms with Crippen molar-refractivity contribution in [2.75, 3.05) is 6.54 Å². The molecule has 40 heavy (non-hydrogen) atoms. The first-order valence-corrected chi connectivity index (χ1v) is 14.9. The second-order valence-electron chi connectivity index (χ2n) is 13.6. The average Bonchev–Trinajstić information content (AvgIpc) is 3.21. The maximum Gasteiger partial charge on any atom is 0.226 e. The molecule has 1 saturated heterocycles. The number of benzene rings is 2. The zero-order valence-corrected chi connectivity index (χ0v) is 25.9. The van der Waals surface area contributed by atoms with E-state index in [0.29, 0.717) is 32.2 Å². The number of Topliss-reactive ketones (excluding diaryl/α,β-unsaturated/α-hetero) is 2. The highest BCUT2D eigenvalue weighted by atomic mass is 16.2. The number of allylic oxidation sites excluding steroid dienone is 2. The molecule has 0 aliphatic carbocycles. The van der Waals surface area contributed by atoms with Crippen LogP contribution in [0.1, 0.15) is 94.3 Å². The summed E-state index contributed by atoms with van der Waals surface area (Å²) in [6.07, 6.45) is 7.07. The average molecular weight is 544 g/mol. The largest absolute Gasteiger partial charge is 0.332 e. The van der Waals surface area contributed by atoms with Gasteiger partial charge in [-0.3, -0.25) is 14.4 Å². The highest BCUT2D eigenvalue weighted by Crippen LogP contribution is 2.39. The van der Waals surface area contributed by atoms with Crippen LogP contribution in [0.2, 0.25) is 0 Å². The summed E-state index contributed by atoms with van der Waals surface area (Å²) in [5.74, 6) is -0.367. The van der Waals surface area contributed by atoms with E-state index in [1.807, 2.05) is 62.1 Å². The summed E-state index contributed by atoms with van der Waals surface area (Å²) >= 11 is 0. The Labute approximate surface area is 242 Å². The van der Waals surface area contributed by atoms with E-state index in [2.05, 4.69) is 58.9 Å². The van der Waals surface area contributed by atoms with Crippen molar-refractivity contribution in [1.82, 2.24) is 4.90 Å².